The summed E-state index contributed by atoms with van der Waals surface area (Å²) in [6.07, 6.45) is 0.649. The lowest BCUT2D eigenvalue weighted by atomic mass is 9.98. The normalized spacial score (nSPS) is 15.8. The van der Waals surface area contributed by atoms with E-state index in [0.717, 1.165) is 28.3 Å². The Labute approximate surface area is 168 Å². The van der Waals surface area contributed by atoms with Gasteiger partial charge in [0, 0.05) is 12.0 Å². The minimum atomic E-state index is -0.964. The molecule has 146 valence electrons. The zero-order valence-electron chi connectivity index (χ0n) is 15.8. The largest absolute Gasteiger partial charge is 0.508 e. The maximum atomic E-state index is 11.2. The molecule has 3 aromatic rings. The molecule has 3 aromatic carbocycles. The molecule has 1 aliphatic heterocycles. The minimum absolute atomic E-state index is 0.0612. The van der Waals surface area contributed by atoms with Gasteiger partial charge < -0.3 is 14.9 Å². The molecule has 0 aromatic heterocycles. The lowest BCUT2D eigenvalue weighted by molar-refractivity contribution is 0.0697. The van der Waals surface area contributed by atoms with Crippen LogP contribution in [0.1, 0.15) is 33.9 Å². The number of methoxy groups -OCH3 is 1. The molecule has 1 heterocycles. The van der Waals surface area contributed by atoms with Crippen LogP contribution >= 0.6 is 0 Å². The summed E-state index contributed by atoms with van der Waals surface area (Å²) in [5, 5.41) is 25.7. The highest BCUT2D eigenvalue weighted by molar-refractivity contribution is 6.03. The van der Waals surface area contributed by atoms with Crippen molar-refractivity contribution in [2.24, 2.45) is 5.10 Å². The number of anilines is 1. The fourth-order valence-electron chi connectivity index (χ4n) is 3.45. The number of benzene rings is 3. The molecule has 6 nitrogen and oxygen atoms in total. The molecule has 29 heavy (non-hydrogen) atoms. The summed E-state index contributed by atoms with van der Waals surface area (Å²) >= 11 is 0. The van der Waals surface area contributed by atoms with Crippen LogP contribution in [0.4, 0.5) is 5.69 Å². The monoisotopic (exact) mass is 388 g/mol. The third-order valence-corrected chi connectivity index (χ3v) is 4.97. The van der Waals surface area contributed by atoms with Gasteiger partial charge in [-0.2, -0.15) is 5.10 Å². The number of aromatic hydroxyl groups is 1. The first kappa shape index (κ1) is 18.6. The highest BCUT2D eigenvalue weighted by atomic mass is 16.5. The molecule has 1 unspecified atom stereocenters. The van der Waals surface area contributed by atoms with E-state index >= 15 is 0 Å². The molecule has 2 N–H and O–H groups in total. The average Bonchev–Trinajstić information content (AvgIpc) is 3.19. The number of hydrogen-bond acceptors (Lipinski definition) is 5. The molecule has 4 rings (SSSR count). The van der Waals surface area contributed by atoms with E-state index in [4.69, 9.17) is 14.9 Å². The van der Waals surface area contributed by atoms with Gasteiger partial charge in [-0.05, 0) is 54.1 Å². The predicted molar refractivity (Wildman–Crippen MR) is 111 cm³/mol. The smallest absolute Gasteiger partial charge is 0.335 e. The second-order valence-electron chi connectivity index (χ2n) is 6.79. The number of carboxylic acids is 1. The average molecular weight is 388 g/mol. The number of phenols is 1. The molecule has 0 amide bonds. The highest BCUT2D eigenvalue weighted by Gasteiger charge is 2.30. The summed E-state index contributed by atoms with van der Waals surface area (Å²) in [5.74, 6) is 0.00215. The number of hydrogen-bond donors (Lipinski definition) is 2. The van der Waals surface area contributed by atoms with E-state index in [-0.39, 0.29) is 17.4 Å². The molecule has 0 bridgehead atoms. The molecule has 1 atom stereocenters. The molecule has 0 fully saturated rings. The first-order valence-corrected chi connectivity index (χ1v) is 9.18. The quantitative estimate of drug-likeness (QED) is 0.675. The molecule has 6 heteroatoms. The zero-order chi connectivity index (χ0) is 20.4. The third kappa shape index (κ3) is 3.78. The number of carboxylic acid groups (broad SMARTS) is 1. The second kappa shape index (κ2) is 7.67. The molecule has 0 radical (unpaired) electrons. The fourth-order valence-corrected chi connectivity index (χ4v) is 3.45. The van der Waals surface area contributed by atoms with Gasteiger partial charge in [0.15, 0.2) is 0 Å². The van der Waals surface area contributed by atoms with Crippen molar-refractivity contribution >= 4 is 17.4 Å². The number of ether oxygens (including phenoxy) is 1. The Kier molecular flexibility index (Phi) is 4.91. The first-order chi connectivity index (χ1) is 14.0. The molecular formula is C23H20N2O4. The molecule has 1 aliphatic rings. The van der Waals surface area contributed by atoms with Gasteiger partial charge in [0.05, 0.1) is 30.1 Å². The van der Waals surface area contributed by atoms with E-state index < -0.39 is 5.97 Å². The Morgan fingerprint density at radius 1 is 1.07 bits per heavy atom. The Morgan fingerprint density at radius 3 is 2.41 bits per heavy atom. The van der Waals surface area contributed by atoms with E-state index in [0.29, 0.717) is 6.42 Å². The Balaban J connectivity index is 1.73. The summed E-state index contributed by atoms with van der Waals surface area (Å²) in [5.41, 5.74) is 3.79. The van der Waals surface area contributed by atoms with E-state index in [1.54, 1.807) is 49.6 Å². The summed E-state index contributed by atoms with van der Waals surface area (Å²) in [6, 6.07) is 21.5. The summed E-state index contributed by atoms with van der Waals surface area (Å²) in [4.78, 5) is 11.2. The molecule has 0 aliphatic carbocycles. The van der Waals surface area contributed by atoms with Gasteiger partial charge >= 0.3 is 5.97 Å². The van der Waals surface area contributed by atoms with Gasteiger partial charge in [-0.3, -0.25) is 5.01 Å². The van der Waals surface area contributed by atoms with Crippen molar-refractivity contribution in [3.63, 3.8) is 0 Å². The summed E-state index contributed by atoms with van der Waals surface area (Å²) in [6.45, 7) is 0. The highest BCUT2D eigenvalue weighted by Crippen LogP contribution is 2.37. The van der Waals surface area contributed by atoms with Gasteiger partial charge in [0.1, 0.15) is 11.5 Å². The molecular weight excluding hydrogens is 368 g/mol. The predicted octanol–water partition coefficient (Wildman–Crippen LogP) is 4.45. The molecule has 0 saturated heterocycles. The fraction of sp³-hybridized carbons (Fsp3) is 0.130. The third-order valence-electron chi connectivity index (χ3n) is 4.97. The Bertz CT molecular complexity index is 1060. The lowest BCUT2D eigenvalue weighted by Crippen LogP contribution is -2.18. The van der Waals surface area contributed by atoms with E-state index in [9.17, 15) is 9.90 Å². The van der Waals surface area contributed by atoms with E-state index in [1.807, 2.05) is 35.3 Å². The molecule has 0 spiro atoms. The SMILES string of the molecule is COc1ccc(C2CC(c3cccc(O)c3)=NN2c2ccc(C(=O)O)cc2)cc1. The van der Waals surface area contributed by atoms with Crippen LogP contribution < -0.4 is 9.75 Å². The number of nitrogens with zero attached hydrogens (tertiary/aromatic N) is 2. The van der Waals surface area contributed by atoms with Crippen LogP contribution in [0.15, 0.2) is 77.9 Å². The maximum Gasteiger partial charge on any atom is 0.335 e. The van der Waals surface area contributed by atoms with Crippen LogP contribution in [0.5, 0.6) is 11.5 Å². The van der Waals surface area contributed by atoms with Crippen molar-refractivity contribution in [3.8, 4) is 11.5 Å². The van der Waals surface area contributed by atoms with Crippen LogP contribution in [0.2, 0.25) is 0 Å². The Morgan fingerprint density at radius 2 is 1.79 bits per heavy atom. The summed E-state index contributed by atoms with van der Waals surface area (Å²) < 4.78 is 5.26. The van der Waals surface area contributed by atoms with Crippen molar-refractivity contribution < 1.29 is 19.7 Å². The van der Waals surface area contributed by atoms with Crippen LogP contribution in [-0.4, -0.2) is 29.0 Å². The zero-order valence-corrected chi connectivity index (χ0v) is 15.8. The van der Waals surface area contributed by atoms with Gasteiger partial charge in [0.25, 0.3) is 0 Å². The van der Waals surface area contributed by atoms with Crippen molar-refractivity contribution in [1.29, 1.82) is 0 Å². The first-order valence-electron chi connectivity index (χ1n) is 9.18. The van der Waals surface area contributed by atoms with Crippen molar-refractivity contribution in [3.05, 3.63) is 89.5 Å². The second-order valence-corrected chi connectivity index (χ2v) is 6.79. The number of carbonyl (C=O) groups is 1. The van der Waals surface area contributed by atoms with Crippen LogP contribution in [0, 0.1) is 0 Å². The van der Waals surface area contributed by atoms with E-state index in [1.165, 1.54) is 0 Å². The topological polar surface area (TPSA) is 82.4 Å². The van der Waals surface area contributed by atoms with Crippen molar-refractivity contribution in [2.45, 2.75) is 12.5 Å². The summed E-state index contributed by atoms with van der Waals surface area (Å²) in [7, 11) is 1.63. The van der Waals surface area contributed by atoms with Crippen molar-refractivity contribution in [1.82, 2.24) is 0 Å². The van der Waals surface area contributed by atoms with Crippen LogP contribution in [0.3, 0.4) is 0 Å². The number of hydrazone groups is 1. The number of aromatic carboxylic acids is 1. The van der Waals surface area contributed by atoms with Gasteiger partial charge in [0.2, 0.25) is 0 Å². The van der Waals surface area contributed by atoms with Crippen LogP contribution in [0.25, 0.3) is 0 Å². The standard InChI is InChI=1S/C23H20N2O4/c1-29-20-11-7-15(8-12-20)22-14-21(17-3-2-4-19(26)13-17)24-25(22)18-9-5-16(6-10-18)23(27)28/h2-13,22,26H,14H2,1H3,(H,27,28). The van der Waals surface area contributed by atoms with Gasteiger partial charge in [-0.25, -0.2) is 4.79 Å². The van der Waals surface area contributed by atoms with Gasteiger partial charge in [-0.15, -0.1) is 0 Å². The number of phenolic OH excluding ortho intramolecular Hbond substituents is 1. The maximum absolute atomic E-state index is 11.2. The van der Waals surface area contributed by atoms with Crippen LogP contribution in [-0.2, 0) is 0 Å². The Hall–Kier alpha value is -3.80. The van der Waals surface area contributed by atoms with E-state index in [2.05, 4.69) is 0 Å². The lowest BCUT2D eigenvalue weighted by Gasteiger charge is -2.24. The minimum Gasteiger partial charge on any atom is -0.508 e. The molecule has 0 saturated carbocycles. The van der Waals surface area contributed by atoms with Gasteiger partial charge in [-0.1, -0.05) is 24.3 Å². The number of rotatable bonds is 5. The van der Waals surface area contributed by atoms with Crippen molar-refractivity contribution in [2.75, 3.05) is 12.1 Å².